The SMILES string of the molecule is Cc1csc(C(N)C#N)c1. The molecule has 10 heavy (non-hydrogen) atoms. The molecule has 3 heteroatoms. The lowest BCUT2D eigenvalue weighted by Gasteiger charge is -1.93. The Hall–Kier alpha value is -0.850. The molecular weight excluding hydrogens is 144 g/mol. The zero-order valence-corrected chi connectivity index (χ0v) is 6.48. The largest absolute Gasteiger partial charge is 0.312 e. The zero-order chi connectivity index (χ0) is 7.56. The normalized spacial score (nSPS) is 12.5. The monoisotopic (exact) mass is 152 g/mol. The second-order valence-electron chi connectivity index (χ2n) is 2.13. The van der Waals surface area contributed by atoms with Gasteiger partial charge >= 0.3 is 0 Å². The molecule has 2 N–H and O–H groups in total. The predicted molar refractivity (Wildman–Crippen MR) is 41.6 cm³/mol. The van der Waals surface area contributed by atoms with Crippen molar-refractivity contribution in [2.24, 2.45) is 5.73 Å². The fraction of sp³-hybridized carbons (Fsp3) is 0.286. The van der Waals surface area contributed by atoms with Crippen molar-refractivity contribution in [1.29, 1.82) is 5.26 Å². The number of aryl methyl sites for hydroxylation is 1. The van der Waals surface area contributed by atoms with E-state index in [0.717, 1.165) is 4.88 Å². The lowest BCUT2D eigenvalue weighted by Crippen LogP contribution is -2.04. The summed E-state index contributed by atoms with van der Waals surface area (Å²) in [5.74, 6) is 0. The van der Waals surface area contributed by atoms with Crippen LogP contribution in [0.3, 0.4) is 0 Å². The van der Waals surface area contributed by atoms with Gasteiger partial charge in [0.25, 0.3) is 0 Å². The fourth-order valence-corrected chi connectivity index (χ4v) is 1.52. The molecule has 52 valence electrons. The van der Waals surface area contributed by atoms with Gasteiger partial charge in [-0.3, -0.25) is 0 Å². The van der Waals surface area contributed by atoms with Crippen molar-refractivity contribution in [3.8, 4) is 6.07 Å². The summed E-state index contributed by atoms with van der Waals surface area (Å²) in [7, 11) is 0. The molecule has 0 spiro atoms. The van der Waals surface area contributed by atoms with Crippen LogP contribution in [0.1, 0.15) is 16.5 Å². The molecule has 0 aliphatic rings. The van der Waals surface area contributed by atoms with Gasteiger partial charge in [-0.15, -0.1) is 11.3 Å². The predicted octanol–water partition coefficient (Wildman–Crippen LogP) is 1.58. The third-order valence-electron chi connectivity index (χ3n) is 1.20. The zero-order valence-electron chi connectivity index (χ0n) is 5.66. The smallest absolute Gasteiger partial charge is 0.128 e. The molecule has 2 nitrogen and oxygen atoms in total. The summed E-state index contributed by atoms with van der Waals surface area (Å²) < 4.78 is 0. The van der Waals surface area contributed by atoms with Gasteiger partial charge in [-0.2, -0.15) is 5.26 Å². The van der Waals surface area contributed by atoms with E-state index >= 15 is 0 Å². The van der Waals surface area contributed by atoms with E-state index in [1.54, 1.807) is 0 Å². The van der Waals surface area contributed by atoms with E-state index in [1.807, 2.05) is 24.4 Å². The van der Waals surface area contributed by atoms with Crippen LogP contribution in [0.25, 0.3) is 0 Å². The molecule has 0 saturated carbocycles. The lowest BCUT2D eigenvalue weighted by atomic mass is 10.2. The van der Waals surface area contributed by atoms with Crippen LogP contribution in [0.5, 0.6) is 0 Å². The molecule has 1 rings (SSSR count). The number of nitriles is 1. The number of nitrogens with zero attached hydrogens (tertiary/aromatic N) is 1. The Kier molecular flexibility index (Phi) is 2.05. The molecule has 1 aromatic heterocycles. The van der Waals surface area contributed by atoms with E-state index in [1.165, 1.54) is 16.9 Å². The van der Waals surface area contributed by atoms with Crippen LogP contribution in [0, 0.1) is 18.3 Å². The van der Waals surface area contributed by atoms with Gasteiger partial charge < -0.3 is 5.73 Å². The topological polar surface area (TPSA) is 49.8 Å². The van der Waals surface area contributed by atoms with E-state index in [-0.39, 0.29) is 0 Å². The summed E-state index contributed by atoms with van der Waals surface area (Å²) in [5.41, 5.74) is 6.63. The van der Waals surface area contributed by atoms with Crippen molar-refractivity contribution >= 4 is 11.3 Å². The minimum Gasteiger partial charge on any atom is -0.312 e. The minimum absolute atomic E-state index is 0.446. The molecular formula is C7H8N2S. The van der Waals surface area contributed by atoms with Gasteiger partial charge in [0, 0.05) is 4.88 Å². The van der Waals surface area contributed by atoms with Crippen LogP contribution in [0.4, 0.5) is 0 Å². The Morgan fingerprint density at radius 2 is 2.50 bits per heavy atom. The van der Waals surface area contributed by atoms with Crippen molar-refractivity contribution in [2.45, 2.75) is 13.0 Å². The maximum absolute atomic E-state index is 8.43. The van der Waals surface area contributed by atoms with Gasteiger partial charge in [-0.25, -0.2) is 0 Å². The molecule has 0 bridgehead atoms. The summed E-state index contributed by atoms with van der Waals surface area (Å²) in [5, 5.41) is 10.4. The molecule has 0 amide bonds. The quantitative estimate of drug-likeness (QED) is 0.664. The number of rotatable bonds is 1. The summed E-state index contributed by atoms with van der Waals surface area (Å²) in [4.78, 5) is 0.944. The van der Waals surface area contributed by atoms with E-state index < -0.39 is 6.04 Å². The van der Waals surface area contributed by atoms with Gasteiger partial charge in [0.1, 0.15) is 6.04 Å². The molecule has 0 fully saturated rings. The highest BCUT2D eigenvalue weighted by molar-refractivity contribution is 7.10. The van der Waals surface area contributed by atoms with Crippen molar-refractivity contribution in [1.82, 2.24) is 0 Å². The average molecular weight is 152 g/mol. The van der Waals surface area contributed by atoms with E-state index in [4.69, 9.17) is 11.0 Å². The Bertz CT molecular complexity index is 259. The highest BCUT2D eigenvalue weighted by atomic mass is 32.1. The van der Waals surface area contributed by atoms with Crippen molar-refractivity contribution in [3.05, 3.63) is 21.9 Å². The van der Waals surface area contributed by atoms with Crippen LogP contribution < -0.4 is 5.73 Å². The molecule has 1 heterocycles. The first-order valence-electron chi connectivity index (χ1n) is 2.94. The van der Waals surface area contributed by atoms with Gasteiger partial charge in [0.05, 0.1) is 6.07 Å². The first kappa shape index (κ1) is 7.26. The maximum Gasteiger partial charge on any atom is 0.128 e. The van der Waals surface area contributed by atoms with Crippen LogP contribution >= 0.6 is 11.3 Å². The first-order valence-corrected chi connectivity index (χ1v) is 3.82. The van der Waals surface area contributed by atoms with Crippen LogP contribution in [-0.4, -0.2) is 0 Å². The van der Waals surface area contributed by atoms with E-state index in [0.29, 0.717) is 0 Å². The molecule has 1 aromatic rings. The Morgan fingerprint density at radius 3 is 2.90 bits per heavy atom. The summed E-state index contributed by atoms with van der Waals surface area (Å²) in [6.45, 7) is 1.99. The fourth-order valence-electron chi connectivity index (χ4n) is 0.680. The van der Waals surface area contributed by atoms with Crippen molar-refractivity contribution in [3.63, 3.8) is 0 Å². The van der Waals surface area contributed by atoms with E-state index in [9.17, 15) is 0 Å². The van der Waals surface area contributed by atoms with Crippen LogP contribution in [0.2, 0.25) is 0 Å². The number of hydrogen-bond acceptors (Lipinski definition) is 3. The van der Waals surface area contributed by atoms with Gasteiger partial charge in [0.15, 0.2) is 0 Å². The lowest BCUT2D eigenvalue weighted by molar-refractivity contribution is 0.950. The van der Waals surface area contributed by atoms with Gasteiger partial charge in [0.2, 0.25) is 0 Å². The Morgan fingerprint density at radius 1 is 1.80 bits per heavy atom. The third-order valence-corrected chi connectivity index (χ3v) is 2.33. The highest BCUT2D eigenvalue weighted by Gasteiger charge is 2.04. The minimum atomic E-state index is -0.446. The Labute approximate surface area is 63.9 Å². The Balaban J connectivity index is 2.87. The number of thiophene rings is 1. The number of hydrogen-bond donors (Lipinski definition) is 1. The second kappa shape index (κ2) is 2.82. The second-order valence-corrected chi connectivity index (χ2v) is 3.08. The van der Waals surface area contributed by atoms with Crippen molar-refractivity contribution in [2.75, 3.05) is 0 Å². The third kappa shape index (κ3) is 1.35. The molecule has 0 aliphatic carbocycles. The summed E-state index contributed by atoms with van der Waals surface area (Å²) in [6, 6.07) is 3.48. The van der Waals surface area contributed by atoms with Crippen LogP contribution in [-0.2, 0) is 0 Å². The standard InChI is InChI=1S/C7H8N2S/c1-5-2-7(10-4-5)6(9)3-8/h2,4,6H,9H2,1H3. The van der Waals surface area contributed by atoms with Gasteiger partial charge in [-0.05, 0) is 23.9 Å². The van der Waals surface area contributed by atoms with E-state index in [2.05, 4.69) is 0 Å². The molecule has 1 atom stereocenters. The highest BCUT2D eigenvalue weighted by Crippen LogP contribution is 2.18. The molecule has 0 saturated heterocycles. The molecule has 1 unspecified atom stereocenters. The summed E-state index contributed by atoms with van der Waals surface area (Å²) in [6.07, 6.45) is 0. The molecule has 0 aliphatic heterocycles. The van der Waals surface area contributed by atoms with Crippen molar-refractivity contribution < 1.29 is 0 Å². The maximum atomic E-state index is 8.43. The van der Waals surface area contributed by atoms with Crippen LogP contribution in [0.15, 0.2) is 11.4 Å². The molecule has 0 radical (unpaired) electrons. The summed E-state index contributed by atoms with van der Waals surface area (Å²) >= 11 is 1.53. The number of nitrogens with two attached hydrogens (primary N) is 1. The average Bonchev–Trinajstić information content (AvgIpc) is 2.34. The first-order chi connectivity index (χ1) is 4.74. The van der Waals surface area contributed by atoms with Gasteiger partial charge in [-0.1, -0.05) is 0 Å². The molecule has 0 aromatic carbocycles.